The highest BCUT2D eigenvalue weighted by molar-refractivity contribution is 5.84. The Morgan fingerprint density at radius 3 is 2.77 bits per heavy atom. The van der Waals surface area contributed by atoms with Gasteiger partial charge in [-0.1, -0.05) is 50.3 Å². The minimum absolute atomic E-state index is 0.0193. The summed E-state index contributed by atoms with van der Waals surface area (Å²) in [7, 11) is 0. The van der Waals surface area contributed by atoms with Crippen LogP contribution in [-0.2, 0) is 22.4 Å². The second-order valence-corrected chi connectivity index (χ2v) is 8.13. The SMILES string of the molecule is C=CC(=O)OCC(CO)CCCCc1ccc(-c2cc3ccc(C)cc3o2)c(CC)c1. The molecule has 1 N–H and O–H groups in total. The molecular formula is C27H32O4. The number of esters is 1. The van der Waals surface area contributed by atoms with Crippen molar-refractivity contribution in [1.82, 2.24) is 0 Å². The van der Waals surface area contributed by atoms with Crippen LogP contribution >= 0.6 is 0 Å². The van der Waals surface area contributed by atoms with Crippen LogP contribution < -0.4 is 0 Å². The Balaban J connectivity index is 1.59. The molecule has 0 fully saturated rings. The van der Waals surface area contributed by atoms with Crippen LogP contribution in [0.25, 0.3) is 22.3 Å². The molecule has 1 aromatic heterocycles. The van der Waals surface area contributed by atoms with Crippen molar-refractivity contribution < 1.29 is 19.1 Å². The average Bonchev–Trinajstić information content (AvgIpc) is 3.21. The minimum atomic E-state index is -0.440. The maximum Gasteiger partial charge on any atom is 0.330 e. The number of hydrogen-bond acceptors (Lipinski definition) is 4. The summed E-state index contributed by atoms with van der Waals surface area (Å²) in [5, 5.41) is 10.6. The fraction of sp³-hybridized carbons (Fsp3) is 0.370. The molecule has 1 atom stereocenters. The molecule has 4 nitrogen and oxygen atoms in total. The Kier molecular flexibility index (Phi) is 8.07. The molecule has 31 heavy (non-hydrogen) atoms. The maximum atomic E-state index is 11.2. The van der Waals surface area contributed by atoms with Crippen molar-refractivity contribution in [1.29, 1.82) is 0 Å². The molecule has 0 aliphatic heterocycles. The molecule has 0 aliphatic carbocycles. The molecule has 0 spiro atoms. The van der Waals surface area contributed by atoms with Crippen LogP contribution in [0.3, 0.4) is 0 Å². The number of rotatable bonds is 11. The lowest BCUT2D eigenvalue weighted by atomic mass is 9.96. The lowest BCUT2D eigenvalue weighted by molar-refractivity contribution is -0.139. The van der Waals surface area contributed by atoms with Crippen LogP contribution in [0.15, 0.2) is 59.5 Å². The van der Waals surface area contributed by atoms with Crippen LogP contribution in [0.4, 0.5) is 0 Å². The number of fused-ring (bicyclic) bond motifs is 1. The van der Waals surface area contributed by atoms with Gasteiger partial charge in [-0.2, -0.15) is 0 Å². The van der Waals surface area contributed by atoms with Crippen LogP contribution in [0, 0.1) is 12.8 Å². The Morgan fingerprint density at radius 1 is 1.19 bits per heavy atom. The van der Waals surface area contributed by atoms with Crippen molar-refractivity contribution >= 4 is 16.9 Å². The van der Waals surface area contributed by atoms with E-state index < -0.39 is 5.97 Å². The summed E-state index contributed by atoms with van der Waals surface area (Å²) in [5.41, 5.74) is 5.88. The second kappa shape index (κ2) is 11.0. The number of aliphatic hydroxyl groups is 1. The summed E-state index contributed by atoms with van der Waals surface area (Å²) in [6.07, 6.45) is 5.91. The average molecular weight is 421 g/mol. The van der Waals surface area contributed by atoms with Crippen molar-refractivity contribution in [2.24, 2.45) is 5.92 Å². The molecule has 3 rings (SSSR count). The van der Waals surface area contributed by atoms with E-state index in [-0.39, 0.29) is 19.1 Å². The van der Waals surface area contributed by atoms with E-state index in [0.29, 0.717) is 0 Å². The van der Waals surface area contributed by atoms with E-state index in [4.69, 9.17) is 9.15 Å². The number of aryl methyl sites for hydroxylation is 3. The molecule has 1 heterocycles. The van der Waals surface area contributed by atoms with E-state index in [0.717, 1.165) is 60.5 Å². The molecule has 3 aromatic rings. The van der Waals surface area contributed by atoms with Gasteiger partial charge in [-0.3, -0.25) is 0 Å². The first-order valence-electron chi connectivity index (χ1n) is 11.1. The highest BCUT2D eigenvalue weighted by atomic mass is 16.5. The van der Waals surface area contributed by atoms with E-state index in [1.807, 2.05) is 0 Å². The van der Waals surface area contributed by atoms with Crippen LogP contribution in [0.5, 0.6) is 0 Å². The highest BCUT2D eigenvalue weighted by Crippen LogP contribution is 2.32. The van der Waals surface area contributed by atoms with Gasteiger partial charge in [0, 0.05) is 29.6 Å². The predicted molar refractivity (Wildman–Crippen MR) is 125 cm³/mol. The zero-order valence-corrected chi connectivity index (χ0v) is 18.5. The number of benzene rings is 2. The van der Waals surface area contributed by atoms with Crippen LogP contribution in [0.1, 0.15) is 42.9 Å². The van der Waals surface area contributed by atoms with Gasteiger partial charge in [0.1, 0.15) is 11.3 Å². The molecule has 2 aromatic carbocycles. The summed E-state index contributed by atoms with van der Waals surface area (Å²) in [6.45, 7) is 7.90. The predicted octanol–water partition coefficient (Wildman–Crippen LogP) is 6.02. The fourth-order valence-corrected chi connectivity index (χ4v) is 3.85. The molecule has 0 saturated heterocycles. The molecule has 4 heteroatoms. The molecule has 0 saturated carbocycles. The van der Waals surface area contributed by atoms with Crippen molar-refractivity contribution in [3.8, 4) is 11.3 Å². The summed E-state index contributed by atoms with van der Waals surface area (Å²) in [5.74, 6) is 0.461. The van der Waals surface area contributed by atoms with Gasteiger partial charge in [0.2, 0.25) is 0 Å². The van der Waals surface area contributed by atoms with Crippen molar-refractivity contribution in [3.63, 3.8) is 0 Å². The van der Waals surface area contributed by atoms with Gasteiger partial charge in [0.15, 0.2) is 0 Å². The van der Waals surface area contributed by atoms with Crippen LogP contribution in [-0.4, -0.2) is 24.3 Å². The molecule has 0 radical (unpaired) electrons. The Morgan fingerprint density at radius 2 is 2.03 bits per heavy atom. The number of aliphatic hydroxyl groups excluding tert-OH is 1. The first-order chi connectivity index (χ1) is 15.0. The number of carbonyl (C=O) groups is 1. The quantitative estimate of drug-likeness (QED) is 0.234. The van der Waals surface area contributed by atoms with Crippen LogP contribution in [0.2, 0.25) is 0 Å². The van der Waals surface area contributed by atoms with Gasteiger partial charge >= 0.3 is 5.97 Å². The number of carbonyl (C=O) groups excluding carboxylic acids is 1. The molecule has 1 unspecified atom stereocenters. The summed E-state index contributed by atoms with van der Waals surface area (Å²) < 4.78 is 11.2. The minimum Gasteiger partial charge on any atom is -0.462 e. The van der Waals surface area contributed by atoms with Gasteiger partial charge in [-0.15, -0.1) is 0 Å². The normalized spacial score (nSPS) is 12.1. The van der Waals surface area contributed by atoms with Gasteiger partial charge in [-0.25, -0.2) is 4.79 Å². The summed E-state index contributed by atoms with van der Waals surface area (Å²) in [4.78, 5) is 11.2. The molecule has 0 bridgehead atoms. The first kappa shape index (κ1) is 22.8. The van der Waals surface area contributed by atoms with Gasteiger partial charge in [0.05, 0.1) is 6.61 Å². The maximum absolute atomic E-state index is 11.2. The van der Waals surface area contributed by atoms with Gasteiger partial charge in [-0.05, 0) is 61.4 Å². The van der Waals surface area contributed by atoms with E-state index >= 15 is 0 Å². The zero-order valence-electron chi connectivity index (χ0n) is 18.5. The Hall–Kier alpha value is -2.85. The van der Waals surface area contributed by atoms with Gasteiger partial charge < -0.3 is 14.3 Å². The van der Waals surface area contributed by atoms with E-state index in [9.17, 15) is 9.90 Å². The molecule has 0 aliphatic rings. The van der Waals surface area contributed by atoms with Crippen molar-refractivity contribution in [2.75, 3.05) is 13.2 Å². The first-order valence-corrected chi connectivity index (χ1v) is 11.1. The molecular weight excluding hydrogens is 388 g/mol. The summed E-state index contributed by atoms with van der Waals surface area (Å²) in [6, 6.07) is 15.1. The lowest BCUT2D eigenvalue weighted by Crippen LogP contribution is -2.16. The zero-order chi connectivity index (χ0) is 22.2. The number of unbranched alkanes of at least 4 members (excludes halogenated alkanes) is 1. The molecule has 0 amide bonds. The van der Waals surface area contributed by atoms with E-state index in [1.54, 1.807) is 0 Å². The Bertz CT molecular complexity index is 1030. The van der Waals surface area contributed by atoms with E-state index in [2.05, 4.69) is 62.9 Å². The van der Waals surface area contributed by atoms with Crippen molar-refractivity contribution in [2.45, 2.75) is 46.0 Å². The summed E-state index contributed by atoms with van der Waals surface area (Å²) >= 11 is 0. The third-order valence-electron chi connectivity index (χ3n) is 5.71. The topological polar surface area (TPSA) is 59.7 Å². The standard InChI is InChI=1S/C27H32O4/c1-4-22-15-20(8-6-7-9-21(17-28)18-30-27(29)5-2)11-13-24(22)26-16-23-12-10-19(3)14-25(23)31-26/h5,10-16,21,28H,2,4,6-9,17-18H2,1,3H3. The Labute approximate surface area is 184 Å². The molecule has 164 valence electrons. The third-order valence-corrected chi connectivity index (χ3v) is 5.71. The lowest BCUT2D eigenvalue weighted by Gasteiger charge is -2.14. The highest BCUT2D eigenvalue weighted by Gasteiger charge is 2.12. The monoisotopic (exact) mass is 420 g/mol. The largest absolute Gasteiger partial charge is 0.462 e. The second-order valence-electron chi connectivity index (χ2n) is 8.13. The third kappa shape index (κ3) is 6.08. The smallest absolute Gasteiger partial charge is 0.330 e. The van der Waals surface area contributed by atoms with Gasteiger partial charge in [0.25, 0.3) is 0 Å². The number of hydrogen-bond donors (Lipinski definition) is 1. The number of furan rings is 1. The van der Waals surface area contributed by atoms with Crippen molar-refractivity contribution in [3.05, 3.63) is 71.8 Å². The number of ether oxygens (including phenoxy) is 1. The van der Waals surface area contributed by atoms with E-state index in [1.165, 1.54) is 16.7 Å². The fourth-order valence-electron chi connectivity index (χ4n) is 3.85.